The highest BCUT2D eigenvalue weighted by atomic mass is 16.6. The van der Waals surface area contributed by atoms with Crippen LogP contribution in [0.25, 0.3) is 0 Å². The fourth-order valence-corrected chi connectivity index (χ4v) is 1.20. The Morgan fingerprint density at radius 1 is 1.47 bits per heavy atom. The van der Waals surface area contributed by atoms with Crippen molar-refractivity contribution in [1.82, 2.24) is 0 Å². The van der Waals surface area contributed by atoms with E-state index in [1.165, 1.54) is 31.2 Å². The van der Waals surface area contributed by atoms with Crippen molar-refractivity contribution in [2.24, 2.45) is 0 Å². The number of aliphatic carboxylic acids is 1. The molecule has 0 fully saturated rings. The number of nitro groups is 1. The van der Waals surface area contributed by atoms with E-state index >= 15 is 0 Å². The molecule has 2 N–H and O–H groups in total. The average Bonchev–Trinajstić information content (AvgIpc) is 2.36. The van der Waals surface area contributed by atoms with Crippen LogP contribution in [0.5, 0.6) is 0 Å². The van der Waals surface area contributed by atoms with Gasteiger partial charge in [0, 0.05) is 6.07 Å². The van der Waals surface area contributed by atoms with Crippen molar-refractivity contribution in [1.29, 1.82) is 0 Å². The van der Waals surface area contributed by atoms with Gasteiger partial charge in [0.25, 0.3) is 11.6 Å². The highest BCUT2D eigenvalue weighted by Crippen LogP contribution is 2.22. The summed E-state index contributed by atoms with van der Waals surface area (Å²) in [6.07, 6.45) is -1.13. The molecule has 0 heterocycles. The lowest BCUT2D eigenvalue weighted by Crippen LogP contribution is -2.26. The van der Waals surface area contributed by atoms with Gasteiger partial charge in [-0.25, -0.2) is 4.79 Å². The Labute approximate surface area is 108 Å². The standard InChI is InChI=1S/C11H12N2O6/c1-7(11(15)16)19-6-10(14)12-8-4-2-3-5-9(8)13(17)18/h2-5,7H,6H2,1H3,(H,12,14)(H,15,16)/t7-/m1/s1. The quantitative estimate of drug-likeness (QED) is 0.587. The Kier molecular flexibility index (Phi) is 4.95. The van der Waals surface area contributed by atoms with Gasteiger partial charge in [-0.1, -0.05) is 12.1 Å². The minimum Gasteiger partial charge on any atom is -0.479 e. The fraction of sp³-hybridized carbons (Fsp3) is 0.273. The molecule has 0 aliphatic carbocycles. The third kappa shape index (κ3) is 4.36. The number of anilines is 1. The van der Waals surface area contributed by atoms with Crippen LogP contribution in [0.15, 0.2) is 24.3 Å². The lowest BCUT2D eigenvalue weighted by atomic mass is 10.2. The number of nitro benzene ring substituents is 1. The molecular weight excluding hydrogens is 256 g/mol. The van der Waals surface area contributed by atoms with Gasteiger partial charge in [-0.05, 0) is 13.0 Å². The zero-order chi connectivity index (χ0) is 14.4. The van der Waals surface area contributed by atoms with Gasteiger partial charge < -0.3 is 15.2 Å². The molecular formula is C11H12N2O6. The van der Waals surface area contributed by atoms with Gasteiger partial charge in [-0.15, -0.1) is 0 Å². The minimum atomic E-state index is -1.20. The second-order valence-electron chi connectivity index (χ2n) is 3.61. The van der Waals surface area contributed by atoms with Crippen molar-refractivity contribution >= 4 is 23.3 Å². The zero-order valence-electron chi connectivity index (χ0n) is 10.0. The van der Waals surface area contributed by atoms with Crippen LogP contribution in [-0.2, 0) is 14.3 Å². The first kappa shape index (κ1) is 14.6. The summed E-state index contributed by atoms with van der Waals surface area (Å²) in [5.74, 6) is -1.86. The van der Waals surface area contributed by atoms with Gasteiger partial charge >= 0.3 is 5.97 Å². The number of carbonyl (C=O) groups is 2. The van der Waals surface area contributed by atoms with E-state index in [1.54, 1.807) is 0 Å². The van der Waals surface area contributed by atoms with Crippen molar-refractivity contribution in [3.63, 3.8) is 0 Å². The van der Waals surface area contributed by atoms with E-state index < -0.39 is 29.5 Å². The van der Waals surface area contributed by atoms with E-state index in [0.717, 1.165) is 0 Å². The molecule has 102 valence electrons. The summed E-state index contributed by atoms with van der Waals surface area (Å²) in [6.45, 7) is 0.778. The number of hydrogen-bond donors (Lipinski definition) is 2. The summed E-state index contributed by atoms with van der Waals surface area (Å²) in [5, 5.41) is 21.5. The van der Waals surface area contributed by atoms with Crippen LogP contribution in [0.3, 0.4) is 0 Å². The van der Waals surface area contributed by atoms with Crippen LogP contribution in [0.4, 0.5) is 11.4 Å². The Balaban J connectivity index is 2.63. The molecule has 1 rings (SSSR count). The van der Waals surface area contributed by atoms with Crippen molar-refractivity contribution < 1.29 is 24.4 Å². The second kappa shape index (κ2) is 6.45. The summed E-state index contributed by atoms with van der Waals surface area (Å²) in [6, 6.07) is 5.62. The average molecular weight is 268 g/mol. The molecule has 1 atom stereocenters. The molecule has 0 aliphatic rings. The second-order valence-corrected chi connectivity index (χ2v) is 3.61. The fourth-order valence-electron chi connectivity index (χ4n) is 1.20. The molecule has 0 radical (unpaired) electrons. The maximum absolute atomic E-state index is 11.5. The van der Waals surface area contributed by atoms with Gasteiger partial charge in [-0.2, -0.15) is 0 Å². The third-order valence-corrected chi connectivity index (χ3v) is 2.19. The van der Waals surface area contributed by atoms with E-state index in [2.05, 4.69) is 5.32 Å². The predicted octanol–water partition coefficient (Wildman–Crippen LogP) is 1.02. The first-order chi connectivity index (χ1) is 8.91. The number of carbonyl (C=O) groups excluding carboxylic acids is 1. The molecule has 0 aromatic heterocycles. The number of nitrogens with zero attached hydrogens (tertiary/aromatic N) is 1. The number of hydrogen-bond acceptors (Lipinski definition) is 5. The van der Waals surface area contributed by atoms with E-state index in [4.69, 9.17) is 9.84 Å². The molecule has 0 aliphatic heterocycles. The molecule has 0 saturated carbocycles. The van der Waals surface area contributed by atoms with Crippen LogP contribution in [0, 0.1) is 10.1 Å². The van der Waals surface area contributed by atoms with E-state index in [0.29, 0.717) is 0 Å². The highest BCUT2D eigenvalue weighted by Gasteiger charge is 2.17. The van der Waals surface area contributed by atoms with Crippen molar-refractivity contribution in [2.75, 3.05) is 11.9 Å². The third-order valence-electron chi connectivity index (χ3n) is 2.19. The smallest absolute Gasteiger partial charge is 0.332 e. The van der Waals surface area contributed by atoms with Crippen LogP contribution in [0.2, 0.25) is 0 Å². The Morgan fingerprint density at radius 3 is 2.68 bits per heavy atom. The normalized spacial score (nSPS) is 11.6. The maximum Gasteiger partial charge on any atom is 0.332 e. The molecule has 19 heavy (non-hydrogen) atoms. The van der Waals surface area contributed by atoms with E-state index in [1.807, 2.05) is 0 Å². The molecule has 0 saturated heterocycles. The topological polar surface area (TPSA) is 119 Å². The van der Waals surface area contributed by atoms with Gasteiger partial charge in [-0.3, -0.25) is 14.9 Å². The summed E-state index contributed by atoms with van der Waals surface area (Å²) in [7, 11) is 0. The molecule has 1 amide bonds. The summed E-state index contributed by atoms with van der Waals surface area (Å²) in [5.41, 5.74) is -0.216. The molecule has 0 bridgehead atoms. The Morgan fingerprint density at radius 2 is 2.11 bits per heavy atom. The number of nitrogens with one attached hydrogen (secondary N) is 1. The minimum absolute atomic E-state index is 0.0316. The van der Waals surface area contributed by atoms with Crippen molar-refractivity contribution in [2.45, 2.75) is 13.0 Å². The summed E-state index contributed by atoms with van der Waals surface area (Å²) in [4.78, 5) is 32.0. The molecule has 8 heteroatoms. The lowest BCUT2D eigenvalue weighted by molar-refractivity contribution is -0.383. The number of amides is 1. The van der Waals surface area contributed by atoms with E-state index in [-0.39, 0.29) is 11.4 Å². The van der Waals surface area contributed by atoms with Gasteiger partial charge in [0.05, 0.1) is 4.92 Å². The maximum atomic E-state index is 11.5. The molecule has 1 aromatic carbocycles. The zero-order valence-corrected chi connectivity index (χ0v) is 10.0. The molecule has 0 unspecified atom stereocenters. The predicted molar refractivity (Wildman–Crippen MR) is 64.8 cm³/mol. The van der Waals surface area contributed by atoms with Crippen LogP contribution < -0.4 is 5.32 Å². The first-order valence-electron chi connectivity index (χ1n) is 5.29. The number of para-hydroxylation sites is 2. The van der Waals surface area contributed by atoms with Gasteiger partial charge in [0.15, 0.2) is 6.10 Å². The summed E-state index contributed by atoms with van der Waals surface area (Å²) < 4.78 is 4.76. The Hall–Kier alpha value is -2.48. The number of carboxylic acid groups (broad SMARTS) is 1. The van der Waals surface area contributed by atoms with Gasteiger partial charge in [0.1, 0.15) is 12.3 Å². The van der Waals surface area contributed by atoms with Crippen LogP contribution in [0.1, 0.15) is 6.92 Å². The van der Waals surface area contributed by atoms with Gasteiger partial charge in [0.2, 0.25) is 0 Å². The highest BCUT2D eigenvalue weighted by molar-refractivity contribution is 5.94. The molecule has 0 spiro atoms. The van der Waals surface area contributed by atoms with Crippen LogP contribution in [-0.4, -0.2) is 34.6 Å². The molecule has 8 nitrogen and oxygen atoms in total. The lowest BCUT2D eigenvalue weighted by Gasteiger charge is -2.09. The Bertz CT molecular complexity index is 502. The number of carboxylic acids is 1. The van der Waals surface area contributed by atoms with Crippen molar-refractivity contribution in [3.8, 4) is 0 Å². The summed E-state index contributed by atoms with van der Waals surface area (Å²) >= 11 is 0. The van der Waals surface area contributed by atoms with Crippen molar-refractivity contribution in [3.05, 3.63) is 34.4 Å². The number of benzene rings is 1. The SMILES string of the molecule is C[C@@H](OCC(=O)Nc1ccccc1[N+](=O)[O-])C(=O)O. The number of rotatable bonds is 6. The molecule has 1 aromatic rings. The van der Waals surface area contributed by atoms with Crippen LogP contribution >= 0.6 is 0 Å². The monoisotopic (exact) mass is 268 g/mol. The largest absolute Gasteiger partial charge is 0.479 e. The van der Waals surface area contributed by atoms with E-state index in [9.17, 15) is 19.7 Å². The first-order valence-corrected chi connectivity index (χ1v) is 5.29. The number of ether oxygens (including phenoxy) is 1.